The molecule has 0 radical (unpaired) electrons. The van der Waals surface area contributed by atoms with Crippen molar-refractivity contribution in [2.45, 2.75) is 78.6 Å². The molecule has 39 heavy (non-hydrogen) atoms. The van der Waals surface area contributed by atoms with Crippen molar-refractivity contribution in [1.29, 1.82) is 0 Å². The fraction of sp³-hybridized carbons (Fsp3) is 0.419. The number of unbranched alkanes of at least 4 members (excludes halogenated alkanes) is 1. The van der Waals surface area contributed by atoms with Crippen molar-refractivity contribution in [2.75, 3.05) is 0 Å². The van der Waals surface area contributed by atoms with E-state index in [-0.39, 0.29) is 13.0 Å². The topological polar surface area (TPSA) is 105 Å². The molecule has 8 heteroatoms. The number of aromatic nitrogens is 2. The normalized spacial score (nSPS) is 13.8. The van der Waals surface area contributed by atoms with Crippen molar-refractivity contribution < 1.29 is 19.5 Å². The molecule has 0 saturated heterocycles. The molecular weight excluding hydrogens is 492 g/mol. The van der Waals surface area contributed by atoms with Crippen LogP contribution in [0.15, 0.2) is 73.2 Å². The second-order valence-corrected chi connectivity index (χ2v) is 11.0. The zero-order chi connectivity index (χ0) is 28.6. The summed E-state index contributed by atoms with van der Waals surface area (Å²) in [5.41, 5.74) is 2.06. The summed E-state index contributed by atoms with van der Waals surface area (Å²) in [6.07, 6.45) is 3.98. The number of Topliss-reactive ketones (excluding diaryl/α,β-unsaturated/α-hetero) is 1. The molecule has 2 N–H and O–H groups in total. The maximum atomic E-state index is 13.6. The first kappa shape index (κ1) is 29.6. The van der Waals surface area contributed by atoms with E-state index in [1.54, 1.807) is 13.3 Å². The highest BCUT2D eigenvalue weighted by Crippen LogP contribution is 2.30. The van der Waals surface area contributed by atoms with Gasteiger partial charge in [-0.1, -0.05) is 101 Å². The number of carbonyl (C=O) groups is 3. The van der Waals surface area contributed by atoms with Gasteiger partial charge in [0.1, 0.15) is 6.04 Å². The Kier molecular flexibility index (Phi) is 10.0. The van der Waals surface area contributed by atoms with Crippen molar-refractivity contribution in [2.24, 2.45) is 5.41 Å². The van der Waals surface area contributed by atoms with Gasteiger partial charge in [0.2, 0.25) is 5.78 Å². The number of hydrogen-bond donors (Lipinski definition) is 2. The van der Waals surface area contributed by atoms with Gasteiger partial charge in [-0.05, 0) is 24.3 Å². The van der Waals surface area contributed by atoms with Crippen molar-refractivity contribution >= 4 is 17.8 Å². The highest BCUT2D eigenvalue weighted by atomic mass is 16.4. The van der Waals surface area contributed by atoms with Crippen LogP contribution in [-0.2, 0) is 16.1 Å². The highest BCUT2D eigenvalue weighted by Gasteiger charge is 2.42. The summed E-state index contributed by atoms with van der Waals surface area (Å²) in [4.78, 5) is 45.3. The van der Waals surface area contributed by atoms with E-state index in [0.717, 1.165) is 23.2 Å². The van der Waals surface area contributed by atoms with Gasteiger partial charge in [-0.2, -0.15) is 0 Å². The average molecular weight is 533 g/mol. The van der Waals surface area contributed by atoms with Gasteiger partial charge in [-0.15, -0.1) is 0 Å². The van der Waals surface area contributed by atoms with Gasteiger partial charge in [0.25, 0.3) is 5.91 Å². The molecule has 0 aliphatic rings. The number of hydrogen-bond acceptors (Lipinski definition) is 4. The summed E-state index contributed by atoms with van der Waals surface area (Å²) in [5.74, 6) is -1.51. The predicted molar refractivity (Wildman–Crippen MR) is 152 cm³/mol. The van der Waals surface area contributed by atoms with Crippen LogP contribution in [0.1, 0.15) is 65.5 Å². The third kappa shape index (κ3) is 7.78. The molecule has 0 bridgehead atoms. The Bertz CT molecular complexity index is 1230. The Morgan fingerprint density at radius 2 is 1.64 bits per heavy atom. The van der Waals surface area contributed by atoms with Crippen LogP contribution >= 0.6 is 0 Å². The van der Waals surface area contributed by atoms with E-state index in [9.17, 15) is 19.5 Å². The number of rotatable bonds is 12. The Hall–Kier alpha value is -3.94. The molecule has 1 aromatic heterocycles. The summed E-state index contributed by atoms with van der Waals surface area (Å²) in [7, 11) is 0. The van der Waals surface area contributed by atoms with Gasteiger partial charge < -0.3 is 15.0 Å². The zero-order valence-corrected chi connectivity index (χ0v) is 23.5. The molecule has 0 aliphatic carbocycles. The van der Waals surface area contributed by atoms with Crippen LogP contribution in [0.3, 0.4) is 0 Å². The monoisotopic (exact) mass is 532 g/mol. The second-order valence-electron chi connectivity index (χ2n) is 11.0. The lowest BCUT2D eigenvalue weighted by atomic mass is 9.84. The second kappa shape index (κ2) is 13.2. The van der Waals surface area contributed by atoms with Crippen LogP contribution in [0.25, 0.3) is 11.3 Å². The van der Waals surface area contributed by atoms with E-state index in [2.05, 4.69) is 10.3 Å². The fourth-order valence-electron chi connectivity index (χ4n) is 4.72. The summed E-state index contributed by atoms with van der Waals surface area (Å²) >= 11 is 0. The van der Waals surface area contributed by atoms with E-state index in [0.29, 0.717) is 6.42 Å². The minimum absolute atomic E-state index is 0.264. The van der Waals surface area contributed by atoms with Crippen molar-refractivity contribution in [3.8, 4) is 11.3 Å². The molecule has 0 aliphatic heterocycles. The smallest absolute Gasteiger partial charge is 0.408 e. The largest absolute Gasteiger partial charge is 0.465 e. The van der Waals surface area contributed by atoms with Gasteiger partial charge in [0.15, 0.2) is 0 Å². The van der Waals surface area contributed by atoms with Gasteiger partial charge in [0, 0.05) is 18.3 Å². The van der Waals surface area contributed by atoms with E-state index in [4.69, 9.17) is 0 Å². The number of carboxylic acid groups (broad SMARTS) is 1. The van der Waals surface area contributed by atoms with Gasteiger partial charge >= 0.3 is 6.09 Å². The number of imidazole rings is 1. The lowest BCUT2D eigenvalue weighted by Crippen LogP contribution is -2.58. The summed E-state index contributed by atoms with van der Waals surface area (Å²) in [6, 6.07) is 17.0. The molecule has 1 heterocycles. The van der Waals surface area contributed by atoms with Crippen molar-refractivity contribution in [3.63, 3.8) is 0 Å². The standard InChI is InChI=1S/C31H40N4O4/c1-6-7-18-26(28(36)29(37)33-22(2)23-14-10-8-11-15-23)35(30(38)39)27(31(3,4)5)20-34-19-25(32-21-34)24-16-12-9-13-17-24/h8-17,19,21-22,26-27H,6-7,18,20H2,1-5H3,(H,33,37)(H,38,39)/t22-,26+,27?/m1/s1. The molecule has 3 aromatic rings. The number of amides is 2. The molecule has 3 rings (SSSR count). The van der Waals surface area contributed by atoms with Crippen LogP contribution in [0, 0.1) is 5.41 Å². The molecule has 2 amide bonds. The quantitative estimate of drug-likeness (QED) is 0.281. The molecule has 0 fully saturated rings. The van der Waals surface area contributed by atoms with Crippen LogP contribution in [0.5, 0.6) is 0 Å². The van der Waals surface area contributed by atoms with Crippen LogP contribution < -0.4 is 5.32 Å². The molecular formula is C31H40N4O4. The number of carbonyl (C=O) groups excluding carboxylic acids is 2. The van der Waals surface area contributed by atoms with Gasteiger partial charge in [0.05, 0.1) is 24.1 Å². The third-order valence-electron chi connectivity index (χ3n) is 6.98. The molecule has 2 aromatic carbocycles. The minimum atomic E-state index is -1.23. The number of nitrogens with zero attached hydrogens (tertiary/aromatic N) is 3. The molecule has 208 valence electrons. The predicted octanol–water partition coefficient (Wildman–Crippen LogP) is 5.95. The fourth-order valence-corrected chi connectivity index (χ4v) is 4.72. The molecule has 0 saturated carbocycles. The number of ketones is 1. The first-order valence-corrected chi connectivity index (χ1v) is 13.5. The van der Waals surface area contributed by atoms with Crippen molar-refractivity contribution in [1.82, 2.24) is 19.8 Å². The van der Waals surface area contributed by atoms with Crippen LogP contribution in [0.4, 0.5) is 4.79 Å². The van der Waals surface area contributed by atoms with Crippen LogP contribution in [0.2, 0.25) is 0 Å². The van der Waals surface area contributed by atoms with Gasteiger partial charge in [-0.25, -0.2) is 9.78 Å². The van der Waals surface area contributed by atoms with Crippen LogP contribution in [-0.4, -0.2) is 49.4 Å². The Labute approximate surface area is 231 Å². The molecule has 1 unspecified atom stereocenters. The highest BCUT2D eigenvalue weighted by molar-refractivity contribution is 6.38. The average Bonchev–Trinajstić information content (AvgIpc) is 3.38. The lowest BCUT2D eigenvalue weighted by Gasteiger charge is -2.42. The van der Waals surface area contributed by atoms with E-state index in [1.807, 2.05) is 99.1 Å². The van der Waals surface area contributed by atoms with E-state index in [1.165, 1.54) is 4.90 Å². The Morgan fingerprint density at radius 1 is 1.03 bits per heavy atom. The summed E-state index contributed by atoms with van der Waals surface area (Å²) in [5, 5.41) is 13.2. The zero-order valence-electron chi connectivity index (χ0n) is 23.5. The van der Waals surface area contributed by atoms with Crippen molar-refractivity contribution in [3.05, 3.63) is 78.8 Å². The molecule has 3 atom stereocenters. The maximum Gasteiger partial charge on any atom is 0.408 e. The molecule has 8 nitrogen and oxygen atoms in total. The summed E-state index contributed by atoms with van der Waals surface area (Å²) < 4.78 is 1.85. The number of nitrogens with one attached hydrogen (secondary N) is 1. The van der Waals surface area contributed by atoms with E-state index >= 15 is 0 Å². The number of benzene rings is 2. The van der Waals surface area contributed by atoms with E-state index < -0.39 is 41.3 Å². The minimum Gasteiger partial charge on any atom is -0.465 e. The molecule has 0 spiro atoms. The van der Waals surface area contributed by atoms with Gasteiger partial charge in [-0.3, -0.25) is 14.5 Å². The first-order valence-electron chi connectivity index (χ1n) is 13.5. The SMILES string of the molecule is CCCC[C@@H](C(=O)C(=O)N[C@H](C)c1ccccc1)N(C(=O)O)C(Cn1cnc(-c2ccccc2)c1)C(C)(C)C. The maximum absolute atomic E-state index is 13.6. The first-order chi connectivity index (χ1) is 18.5. The third-order valence-corrected chi connectivity index (χ3v) is 6.98. The Morgan fingerprint density at radius 3 is 2.21 bits per heavy atom. The summed E-state index contributed by atoms with van der Waals surface area (Å²) in [6.45, 7) is 9.90. The lowest BCUT2D eigenvalue weighted by molar-refractivity contribution is -0.142. The Balaban J connectivity index is 1.90.